The van der Waals surface area contributed by atoms with Crippen molar-refractivity contribution < 1.29 is 14.6 Å². The molecule has 0 spiro atoms. The average molecular weight is 250 g/mol. The zero-order chi connectivity index (χ0) is 13.1. The van der Waals surface area contributed by atoms with Crippen molar-refractivity contribution in [1.29, 1.82) is 0 Å². The van der Waals surface area contributed by atoms with Crippen molar-refractivity contribution >= 4 is 5.91 Å². The number of β-amino-alcohol motifs (C(OH)–C–C–N with tert-alkyl or cyclic N) is 1. The van der Waals surface area contributed by atoms with Crippen LogP contribution >= 0.6 is 0 Å². The Balaban J connectivity index is 2.09. The molecule has 5 nitrogen and oxygen atoms in total. The van der Waals surface area contributed by atoms with Crippen molar-refractivity contribution in [2.75, 3.05) is 27.2 Å². The summed E-state index contributed by atoms with van der Waals surface area (Å²) in [5.41, 5.74) is 0.595. The van der Waals surface area contributed by atoms with Gasteiger partial charge in [-0.1, -0.05) is 0 Å². The highest BCUT2D eigenvalue weighted by atomic mass is 16.5. The van der Waals surface area contributed by atoms with E-state index in [0.29, 0.717) is 18.7 Å². The number of nitrogens with zero attached hydrogens (tertiary/aromatic N) is 1. The number of carbonyl (C=O) groups is 1. The number of ether oxygens (including phenoxy) is 1. The molecular formula is C13H18N2O3. The van der Waals surface area contributed by atoms with E-state index >= 15 is 0 Å². The number of aliphatic hydroxyl groups excluding tert-OH is 1. The Morgan fingerprint density at radius 2 is 2.06 bits per heavy atom. The summed E-state index contributed by atoms with van der Waals surface area (Å²) in [6, 6.07) is 6.80. The number of amides is 1. The first-order valence-electron chi connectivity index (χ1n) is 5.93. The van der Waals surface area contributed by atoms with Gasteiger partial charge in [-0.3, -0.25) is 4.79 Å². The average Bonchev–Trinajstić information content (AvgIpc) is 2.83. The molecular weight excluding hydrogens is 232 g/mol. The molecule has 1 aliphatic rings. The molecule has 0 aromatic heterocycles. The van der Waals surface area contributed by atoms with Crippen molar-refractivity contribution in [1.82, 2.24) is 10.2 Å². The molecule has 0 radical (unpaired) electrons. The summed E-state index contributed by atoms with van der Waals surface area (Å²) in [6.07, 6.45) is -0.503. The van der Waals surface area contributed by atoms with Gasteiger partial charge in [0, 0.05) is 25.7 Å². The van der Waals surface area contributed by atoms with E-state index in [-0.39, 0.29) is 11.9 Å². The Morgan fingerprint density at radius 3 is 2.56 bits per heavy atom. The van der Waals surface area contributed by atoms with Crippen molar-refractivity contribution in [2.45, 2.75) is 12.1 Å². The first-order chi connectivity index (χ1) is 8.63. The third-order valence-corrected chi connectivity index (χ3v) is 3.31. The van der Waals surface area contributed by atoms with Gasteiger partial charge in [-0.2, -0.15) is 0 Å². The molecule has 0 aliphatic carbocycles. The normalized spacial score (nSPS) is 22.8. The molecule has 0 saturated carbocycles. The van der Waals surface area contributed by atoms with E-state index < -0.39 is 6.10 Å². The van der Waals surface area contributed by atoms with Crippen LogP contribution in [0.5, 0.6) is 5.75 Å². The van der Waals surface area contributed by atoms with Gasteiger partial charge in [0.2, 0.25) is 0 Å². The number of hydrogen-bond acceptors (Lipinski definition) is 4. The lowest BCUT2D eigenvalue weighted by Gasteiger charge is -2.26. The molecule has 2 N–H and O–H groups in total. The molecule has 2 atom stereocenters. The van der Waals surface area contributed by atoms with Crippen LogP contribution < -0.4 is 10.1 Å². The van der Waals surface area contributed by atoms with Gasteiger partial charge in [-0.25, -0.2) is 0 Å². The maximum Gasteiger partial charge on any atom is 0.253 e. The zero-order valence-electron chi connectivity index (χ0n) is 10.6. The van der Waals surface area contributed by atoms with Crippen LogP contribution in [0.15, 0.2) is 24.3 Å². The van der Waals surface area contributed by atoms with Crippen LogP contribution in [0.3, 0.4) is 0 Å². The summed E-state index contributed by atoms with van der Waals surface area (Å²) >= 11 is 0. The minimum Gasteiger partial charge on any atom is -0.497 e. The zero-order valence-corrected chi connectivity index (χ0v) is 10.6. The molecule has 0 bridgehead atoms. The third-order valence-electron chi connectivity index (χ3n) is 3.31. The Labute approximate surface area is 106 Å². The monoisotopic (exact) mass is 250 g/mol. The Hall–Kier alpha value is -1.59. The van der Waals surface area contributed by atoms with E-state index in [4.69, 9.17) is 4.74 Å². The number of aliphatic hydroxyl groups is 1. The fraction of sp³-hybridized carbons (Fsp3) is 0.462. The van der Waals surface area contributed by atoms with E-state index in [2.05, 4.69) is 5.32 Å². The number of methoxy groups -OCH3 is 1. The number of nitrogens with one attached hydrogen (secondary N) is 1. The van der Waals surface area contributed by atoms with Gasteiger partial charge >= 0.3 is 0 Å². The topological polar surface area (TPSA) is 61.8 Å². The summed E-state index contributed by atoms with van der Waals surface area (Å²) in [5, 5.41) is 12.8. The van der Waals surface area contributed by atoms with Gasteiger partial charge in [0.05, 0.1) is 19.3 Å². The van der Waals surface area contributed by atoms with Crippen LogP contribution in [0.2, 0.25) is 0 Å². The molecule has 2 rings (SSSR count). The number of likely N-dealkylation sites (N-methyl/N-ethyl adjacent to an activating group) is 1. The Morgan fingerprint density at radius 1 is 1.39 bits per heavy atom. The highest BCUT2D eigenvalue weighted by Gasteiger charge is 2.31. The lowest BCUT2D eigenvalue weighted by Crippen LogP contribution is -2.44. The van der Waals surface area contributed by atoms with Gasteiger partial charge in [-0.15, -0.1) is 0 Å². The van der Waals surface area contributed by atoms with Gasteiger partial charge in [0.1, 0.15) is 5.75 Å². The van der Waals surface area contributed by atoms with Crippen LogP contribution in [0.25, 0.3) is 0 Å². The van der Waals surface area contributed by atoms with E-state index in [1.165, 1.54) is 0 Å². The van der Waals surface area contributed by atoms with E-state index in [1.54, 1.807) is 43.3 Å². The molecule has 5 heteroatoms. The van der Waals surface area contributed by atoms with Gasteiger partial charge < -0.3 is 20.1 Å². The first-order valence-corrected chi connectivity index (χ1v) is 5.93. The lowest BCUT2D eigenvalue weighted by molar-refractivity contribution is 0.0581. The summed E-state index contributed by atoms with van der Waals surface area (Å²) in [7, 11) is 3.30. The second-order valence-corrected chi connectivity index (χ2v) is 4.44. The van der Waals surface area contributed by atoms with Crippen LogP contribution in [0.1, 0.15) is 10.4 Å². The minimum atomic E-state index is -0.503. The maximum absolute atomic E-state index is 12.2. The molecule has 1 saturated heterocycles. The number of benzene rings is 1. The van der Waals surface area contributed by atoms with E-state index in [1.807, 2.05) is 0 Å². The minimum absolute atomic E-state index is 0.0922. The fourth-order valence-electron chi connectivity index (χ4n) is 2.13. The van der Waals surface area contributed by atoms with E-state index in [0.717, 1.165) is 5.75 Å². The van der Waals surface area contributed by atoms with Crippen LogP contribution in [-0.4, -0.2) is 55.3 Å². The van der Waals surface area contributed by atoms with E-state index in [9.17, 15) is 9.90 Å². The quantitative estimate of drug-likeness (QED) is 0.798. The molecule has 98 valence electrons. The largest absolute Gasteiger partial charge is 0.497 e. The molecule has 1 heterocycles. The van der Waals surface area contributed by atoms with Gasteiger partial charge in [0.15, 0.2) is 0 Å². The molecule has 1 amide bonds. The summed E-state index contributed by atoms with van der Waals surface area (Å²) in [4.78, 5) is 13.8. The third kappa shape index (κ3) is 2.47. The van der Waals surface area contributed by atoms with Crippen molar-refractivity contribution in [3.8, 4) is 5.75 Å². The number of hydrogen-bond donors (Lipinski definition) is 2. The lowest BCUT2D eigenvalue weighted by atomic mass is 10.1. The highest BCUT2D eigenvalue weighted by molar-refractivity contribution is 5.94. The Bertz CT molecular complexity index is 419. The standard InChI is InChI=1S/C13H18N2O3/c1-15(11-7-14-8-12(11)16)13(17)9-3-5-10(18-2)6-4-9/h3-6,11-12,14,16H,7-8H2,1-2H3/t11-,12-/m0/s1. The molecule has 1 aliphatic heterocycles. The summed E-state index contributed by atoms with van der Waals surface area (Å²) in [6.45, 7) is 1.16. The summed E-state index contributed by atoms with van der Waals surface area (Å²) in [5.74, 6) is 0.627. The van der Waals surface area contributed by atoms with Gasteiger partial charge in [0.25, 0.3) is 5.91 Å². The smallest absolute Gasteiger partial charge is 0.253 e. The first kappa shape index (κ1) is 12.9. The molecule has 18 heavy (non-hydrogen) atoms. The van der Waals surface area contributed by atoms with Gasteiger partial charge in [-0.05, 0) is 24.3 Å². The second kappa shape index (κ2) is 5.37. The molecule has 1 aromatic carbocycles. The van der Waals surface area contributed by atoms with Crippen molar-refractivity contribution in [3.63, 3.8) is 0 Å². The maximum atomic E-state index is 12.2. The predicted octanol–water partition coefficient (Wildman–Crippen LogP) is 0.0999. The number of carbonyl (C=O) groups excluding carboxylic acids is 1. The summed E-state index contributed by atoms with van der Waals surface area (Å²) < 4.78 is 5.05. The predicted molar refractivity (Wildman–Crippen MR) is 67.8 cm³/mol. The highest BCUT2D eigenvalue weighted by Crippen LogP contribution is 2.15. The number of rotatable bonds is 3. The SMILES string of the molecule is COc1ccc(C(=O)N(C)[C@H]2CNC[C@@H]2O)cc1. The molecule has 1 fully saturated rings. The molecule has 1 aromatic rings. The second-order valence-electron chi connectivity index (χ2n) is 4.44. The van der Waals surface area contributed by atoms with Crippen molar-refractivity contribution in [2.24, 2.45) is 0 Å². The molecule has 0 unspecified atom stereocenters. The van der Waals surface area contributed by atoms with Crippen LogP contribution in [-0.2, 0) is 0 Å². The fourth-order valence-corrected chi connectivity index (χ4v) is 2.13. The van der Waals surface area contributed by atoms with Crippen molar-refractivity contribution in [3.05, 3.63) is 29.8 Å². The van der Waals surface area contributed by atoms with Crippen LogP contribution in [0, 0.1) is 0 Å². The Kier molecular flexibility index (Phi) is 3.84. The van der Waals surface area contributed by atoms with Crippen LogP contribution in [0.4, 0.5) is 0 Å².